The largest absolute Gasteiger partial charge is 0.497 e. The van der Waals surface area contributed by atoms with Gasteiger partial charge < -0.3 is 10.1 Å². The first-order valence-corrected chi connectivity index (χ1v) is 7.75. The number of hydrogen-bond donors (Lipinski definition) is 1. The predicted octanol–water partition coefficient (Wildman–Crippen LogP) is 4.08. The molecule has 0 radical (unpaired) electrons. The van der Waals surface area contributed by atoms with Gasteiger partial charge in [-0.05, 0) is 43.5 Å². The van der Waals surface area contributed by atoms with Crippen molar-refractivity contribution in [2.75, 3.05) is 18.2 Å². The van der Waals surface area contributed by atoms with Crippen LogP contribution in [-0.4, -0.2) is 23.6 Å². The molecule has 0 fully saturated rings. The lowest BCUT2D eigenvalue weighted by atomic mass is 9.97. The molecule has 19 heavy (non-hydrogen) atoms. The molecule has 0 bridgehead atoms. The molecular weight excluding hydrogens is 256 g/mol. The van der Waals surface area contributed by atoms with Gasteiger partial charge in [0.25, 0.3) is 0 Å². The van der Waals surface area contributed by atoms with E-state index >= 15 is 0 Å². The second-order valence-corrected chi connectivity index (χ2v) is 5.91. The molecule has 1 aliphatic rings. The first-order chi connectivity index (χ1) is 9.12. The third-order valence-corrected chi connectivity index (χ3v) is 4.96. The summed E-state index contributed by atoms with van der Waals surface area (Å²) in [5, 5.41) is 4.48. The van der Waals surface area contributed by atoms with Crippen molar-refractivity contribution in [1.82, 2.24) is 0 Å². The Morgan fingerprint density at radius 1 is 1.37 bits per heavy atom. The molecule has 0 saturated heterocycles. The van der Waals surface area contributed by atoms with Crippen LogP contribution in [0.4, 0.5) is 5.69 Å². The molecule has 4 heteroatoms. The number of aliphatic imine (C=N–C) groups is 1. The fraction of sp³-hybridized carbons (Fsp3) is 0.533. The number of anilines is 1. The van der Waals surface area contributed by atoms with Gasteiger partial charge in [-0.3, -0.25) is 4.99 Å². The Labute approximate surface area is 119 Å². The maximum absolute atomic E-state index is 5.22. The molecule has 0 atom stereocenters. The number of methoxy groups -OCH3 is 1. The van der Waals surface area contributed by atoms with Gasteiger partial charge >= 0.3 is 0 Å². The van der Waals surface area contributed by atoms with Crippen molar-refractivity contribution >= 4 is 22.6 Å². The zero-order valence-electron chi connectivity index (χ0n) is 12.1. The molecular formula is C15H22N2OS. The molecule has 104 valence electrons. The monoisotopic (exact) mass is 278 g/mol. The number of nitrogens with zero attached hydrogens (tertiary/aromatic N) is 1. The highest BCUT2D eigenvalue weighted by molar-refractivity contribution is 8.14. The Morgan fingerprint density at radius 2 is 2.11 bits per heavy atom. The number of benzene rings is 1. The van der Waals surface area contributed by atoms with Crippen LogP contribution in [0.2, 0.25) is 0 Å². The zero-order valence-corrected chi connectivity index (χ0v) is 12.9. The summed E-state index contributed by atoms with van der Waals surface area (Å²) in [6, 6.07) is 6.06. The van der Waals surface area contributed by atoms with Gasteiger partial charge in [-0.2, -0.15) is 0 Å². The van der Waals surface area contributed by atoms with Gasteiger partial charge in [0, 0.05) is 11.4 Å². The third-order valence-electron chi connectivity index (χ3n) is 3.81. The van der Waals surface area contributed by atoms with E-state index < -0.39 is 0 Å². The number of hydrogen-bond acceptors (Lipinski definition) is 4. The quantitative estimate of drug-likeness (QED) is 0.901. The molecule has 2 rings (SSSR count). The van der Waals surface area contributed by atoms with E-state index in [4.69, 9.17) is 9.73 Å². The van der Waals surface area contributed by atoms with Crippen molar-refractivity contribution < 1.29 is 4.74 Å². The lowest BCUT2D eigenvalue weighted by Gasteiger charge is -2.20. The van der Waals surface area contributed by atoms with Crippen LogP contribution in [0.25, 0.3) is 0 Å². The van der Waals surface area contributed by atoms with Crippen LogP contribution >= 0.6 is 11.8 Å². The second kappa shape index (κ2) is 5.87. The van der Waals surface area contributed by atoms with Crippen molar-refractivity contribution in [2.24, 2.45) is 4.99 Å². The topological polar surface area (TPSA) is 33.6 Å². The first-order valence-electron chi connectivity index (χ1n) is 6.77. The summed E-state index contributed by atoms with van der Waals surface area (Å²) in [6.45, 7) is 6.52. The molecule has 0 amide bonds. The summed E-state index contributed by atoms with van der Waals surface area (Å²) >= 11 is 1.82. The summed E-state index contributed by atoms with van der Waals surface area (Å²) in [5.41, 5.74) is 2.41. The van der Waals surface area contributed by atoms with E-state index in [1.807, 2.05) is 23.9 Å². The molecule has 1 aliphatic heterocycles. The minimum Gasteiger partial charge on any atom is -0.497 e. The van der Waals surface area contributed by atoms with E-state index in [0.29, 0.717) is 0 Å². The highest BCUT2D eigenvalue weighted by Crippen LogP contribution is 2.34. The van der Waals surface area contributed by atoms with Crippen LogP contribution in [0, 0.1) is 6.92 Å². The predicted molar refractivity (Wildman–Crippen MR) is 84.6 cm³/mol. The minimum absolute atomic E-state index is 0.132. The Hall–Kier alpha value is -1.16. The normalized spacial score (nSPS) is 17.2. The lowest BCUT2D eigenvalue weighted by molar-refractivity contribution is 0.414. The number of rotatable bonds is 4. The number of thioether (sulfide) groups is 1. The van der Waals surface area contributed by atoms with Crippen LogP contribution in [0.5, 0.6) is 5.75 Å². The lowest BCUT2D eigenvalue weighted by Crippen LogP contribution is -2.24. The standard InChI is InChI=1S/C15H22N2OS/c1-5-15(6-2)10-19-14(17-15)16-13-8-7-12(18-4)9-11(13)3/h7-9H,5-6,10H2,1-4H3,(H,16,17). The molecule has 0 unspecified atom stereocenters. The van der Waals surface area contributed by atoms with Crippen molar-refractivity contribution in [1.29, 1.82) is 0 Å². The summed E-state index contributed by atoms with van der Waals surface area (Å²) in [7, 11) is 1.69. The van der Waals surface area contributed by atoms with E-state index in [1.165, 1.54) is 5.56 Å². The van der Waals surface area contributed by atoms with Gasteiger partial charge in [-0.15, -0.1) is 0 Å². The minimum atomic E-state index is 0.132. The van der Waals surface area contributed by atoms with Gasteiger partial charge in [0.1, 0.15) is 5.75 Å². The SMILES string of the molecule is CCC1(CC)CSC(Nc2ccc(OC)cc2C)=N1. The zero-order chi connectivity index (χ0) is 13.9. The second-order valence-electron chi connectivity index (χ2n) is 4.94. The van der Waals surface area contributed by atoms with Crippen molar-refractivity contribution in [3.63, 3.8) is 0 Å². The summed E-state index contributed by atoms with van der Waals surface area (Å²) in [4.78, 5) is 4.87. The molecule has 0 aliphatic carbocycles. The van der Waals surface area contributed by atoms with Crippen LogP contribution in [-0.2, 0) is 0 Å². The highest BCUT2D eigenvalue weighted by Gasteiger charge is 2.32. The van der Waals surface area contributed by atoms with Gasteiger partial charge in [0.05, 0.1) is 12.6 Å². The maximum atomic E-state index is 5.22. The van der Waals surface area contributed by atoms with Crippen LogP contribution in [0.15, 0.2) is 23.2 Å². The van der Waals surface area contributed by atoms with Crippen molar-refractivity contribution in [3.05, 3.63) is 23.8 Å². The first kappa shape index (κ1) is 14.3. The fourth-order valence-electron chi connectivity index (χ4n) is 2.18. The smallest absolute Gasteiger partial charge is 0.161 e. The van der Waals surface area contributed by atoms with E-state index in [0.717, 1.165) is 35.2 Å². The summed E-state index contributed by atoms with van der Waals surface area (Å²) in [5.74, 6) is 1.97. The summed E-state index contributed by atoms with van der Waals surface area (Å²) in [6.07, 6.45) is 2.20. The Balaban J connectivity index is 2.14. The summed E-state index contributed by atoms with van der Waals surface area (Å²) < 4.78 is 5.22. The fourth-order valence-corrected chi connectivity index (χ4v) is 3.50. The van der Waals surface area contributed by atoms with E-state index in [9.17, 15) is 0 Å². The molecule has 0 aromatic heterocycles. The number of nitrogens with one attached hydrogen (secondary N) is 1. The Bertz CT molecular complexity index is 481. The molecule has 0 saturated carbocycles. The van der Waals surface area contributed by atoms with Crippen LogP contribution in [0.1, 0.15) is 32.3 Å². The van der Waals surface area contributed by atoms with Gasteiger partial charge in [0.2, 0.25) is 0 Å². The molecule has 1 heterocycles. The van der Waals surface area contributed by atoms with Gasteiger partial charge in [-0.25, -0.2) is 0 Å². The molecule has 1 aromatic rings. The van der Waals surface area contributed by atoms with Crippen LogP contribution < -0.4 is 10.1 Å². The Kier molecular flexibility index (Phi) is 4.40. The average molecular weight is 278 g/mol. The highest BCUT2D eigenvalue weighted by atomic mass is 32.2. The van der Waals surface area contributed by atoms with E-state index in [-0.39, 0.29) is 5.54 Å². The number of aryl methyl sites for hydroxylation is 1. The molecule has 3 nitrogen and oxygen atoms in total. The maximum Gasteiger partial charge on any atom is 0.161 e. The van der Waals surface area contributed by atoms with Gasteiger partial charge in [-0.1, -0.05) is 25.6 Å². The molecule has 0 spiro atoms. The van der Waals surface area contributed by atoms with Crippen molar-refractivity contribution in [2.45, 2.75) is 39.2 Å². The average Bonchev–Trinajstić information content (AvgIpc) is 2.85. The van der Waals surface area contributed by atoms with E-state index in [2.05, 4.69) is 32.2 Å². The Morgan fingerprint density at radius 3 is 2.63 bits per heavy atom. The van der Waals surface area contributed by atoms with Crippen molar-refractivity contribution in [3.8, 4) is 5.75 Å². The van der Waals surface area contributed by atoms with E-state index in [1.54, 1.807) is 7.11 Å². The van der Waals surface area contributed by atoms with Crippen LogP contribution in [0.3, 0.4) is 0 Å². The third kappa shape index (κ3) is 3.06. The number of ether oxygens (including phenoxy) is 1. The van der Waals surface area contributed by atoms with Gasteiger partial charge in [0.15, 0.2) is 5.17 Å². The number of amidine groups is 1. The molecule has 1 N–H and O–H groups in total. The molecule has 1 aromatic carbocycles.